The van der Waals surface area contributed by atoms with Gasteiger partial charge in [0.2, 0.25) is 5.82 Å². The Hall–Kier alpha value is -3.46. The number of methoxy groups -OCH3 is 2. The largest absolute Gasteiger partial charge is 0.497 e. The number of nitrogens with zero attached hydrogens (tertiary/aromatic N) is 5. The van der Waals surface area contributed by atoms with Crippen LogP contribution in [0.5, 0.6) is 17.2 Å². The zero-order valence-corrected chi connectivity index (χ0v) is 17.7. The molecule has 2 aromatic heterocycles. The van der Waals surface area contributed by atoms with Crippen LogP contribution in [0.15, 0.2) is 47.8 Å². The van der Waals surface area contributed by atoms with E-state index < -0.39 is 0 Å². The maximum absolute atomic E-state index is 5.58. The van der Waals surface area contributed by atoms with Crippen molar-refractivity contribution in [3.05, 3.63) is 53.5 Å². The molecule has 154 valence electrons. The molecule has 0 unspecified atom stereocenters. The van der Waals surface area contributed by atoms with E-state index in [4.69, 9.17) is 19.2 Å². The second-order valence-electron chi connectivity index (χ2n) is 6.32. The summed E-state index contributed by atoms with van der Waals surface area (Å²) in [5.74, 6) is 2.70. The first-order valence-corrected chi connectivity index (χ1v) is 10.3. The van der Waals surface area contributed by atoms with Gasteiger partial charge in [0.15, 0.2) is 11.5 Å². The number of tetrazole rings is 1. The molecule has 30 heavy (non-hydrogen) atoms. The van der Waals surface area contributed by atoms with Gasteiger partial charge in [0, 0.05) is 16.5 Å². The maximum atomic E-state index is 5.58. The van der Waals surface area contributed by atoms with Crippen LogP contribution in [0.2, 0.25) is 0 Å². The van der Waals surface area contributed by atoms with Gasteiger partial charge in [-0.3, -0.25) is 0 Å². The van der Waals surface area contributed by atoms with Crippen LogP contribution >= 0.6 is 11.3 Å². The molecule has 9 heteroatoms. The molecule has 0 spiro atoms. The molecule has 0 saturated carbocycles. The fraction of sp³-hybridized carbons (Fsp3) is 0.238. The Labute approximate surface area is 178 Å². The summed E-state index contributed by atoms with van der Waals surface area (Å²) < 4.78 is 16.3. The van der Waals surface area contributed by atoms with Gasteiger partial charge in [-0.25, -0.2) is 4.98 Å². The highest BCUT2D eigenvalue weighted by Crippen LogP contribution is 2.33. The van der Waals surface area contributed by atoms with Gasteiger partial charge in [0.25, 0.3) is 0 Å². The van der Waals surface area contributed by atoms with E-state index in [1.54, 1.807) is 25.6 Å². The lowest BCUT2D eigenvalue weighted by Crippen LogP contribution is -2.04. The van der Waals surface area contributed by atoms with Gasteiger partial charge in [-0.05, 0) is 42.5 Å². The van der Waals surface area contributed by atoms with E-state index >= 15 is 0 Å². The number of ether oxygens (including phenoxy) is 3. The molecule has 8 nitrogen and oxygen atoms in total. The van der Waals surface area contributed by atoms with Gasteiger partial charge in [-0.1, -0.05) is 12.1 Å². The lowest BCUT2D eigenvalue weighted by Gasteiger charge is -2.09. The van der Waals surface area contributed by atoms with Gasteiger partial charge >= 0.3 is 0 Å². The number of rotatable bonds is 8. The van der Waals surface area contributed by atoms with E-state index in [1.807, 2.05) is 54.8 Å². The number of hydrogen-bond acceptors (Lipinski definition) is 8. The van der Waals surface area contributed by atoms with Gasteiger partial charge in [-0.2, -0.15) is 4.80 Å². The molecule has 0 atom stereocenters. The molecule has 0 amide bonds. The van der Waals surface area contributed by atoms with Crippen LogP contribution in [-0.4, -0.2) is 46.0 Å². The first-order valence-electron chi connectivity index (χ1n) is 9.38. The fourth-order valence-electron chi connectivity index (χ4n) is 2.92. The van der Waals surface area contributed by atoms with Crippen molar-refractivity contribution in [3.63, 3.8) is 0 Å². The predicted molar refractivity (Wildman–Crippen MR) is 114 cm³/mol. The van der Waals surface area contributed by atoms with Crippen molar-refractivity contribution in [3.8, 4) is 39.2 Å². The first kappa shape index (κ1) is 19.8. The van der Waals surface area contributed by atoms with Crippen molar-refractivity contribution in [1.82, 2.24) is 25.2 Å². The smallest absolute Gasteiger partial charge is 0.205 e. The molecular formula is C21H21N5O3S. The highest BCUT2D eigenvalue weighted by Gasteiger charge is 2.12. The summed E-state index contributed by atoms with van der Waals surface area (Å²) in [5.41, 5.74) is 2.67. The molecule has 4 aromatic rings. The van der Waals surface area contributed by atoms with Crippen LogP contribution in [0, 0.1) is 0 Å². The van der Waals surface area contributed by atoms with Crippen LogP contribution in [0.25, 0.3) is 22.0 Å². The van der Waals surface area contributed by atoms with Crippen LogP contribution in [0.3, 0.4) is 0 Å². The summed E-state index contributed by atoms with van der Waals surface area (Å²) in [4.78, 5) is 6.24. The minimum absolute atomic E-state index is 0.432. The van der Waals surface area contributed by atoms with E-state index in [1.165, 1.54) is 4.80 Å². The SMILES string of the molecule is CCOc1ccc(-c2nc(Cn3nnc(-c4cccc(OC)c4)n3)cs2)cc1OC. The Morgan fingerprint density at radius 1 is 1.00 bits per heavy atom. The standard InChI is InChI=1S/C21H21N5O3S/c1-4-29-18-9-8-15(11-19(18)28-3)21-22-16(13-30-21)12-26-24-20(23-25-26)14-6-5-7-17(10-14)27-2/h5-11,13H,4,12H2,1-3H3. The normalized spacial score (nSPS) is 10.8. The van der Waals surface area contributed by atoms with Crippen LogP contribution in [-0.2, 0) is 6.54 Å². The number of benzene rings is 2. The molecular weight excluding hydrogens is 402 g/mol. The maximum Gasteiger partial charge on any atom is 0.205 e. The average Bonchev–Trinajstić information content (AvgIpc) is 3.44. The lowest BCUT2D eigenvalue weighted by molar-refractivity contribution is 0.311. The first-order chi connectivity index (χ1) is 14.7. The van der Waals surface area contributed by atoms with E-state index in [0.717, 1.165) is 33.3 Å². The quantitative estimate of drug-likeness (QED) is 0.424. The number of thiazole rings is 1. The number of aromatic nitrogens is 5. The summed E-state index contributed by atoms with van der Waals surface area (Å²) in [5, 5.41) is 15.6. The van der Waals surface area contributed by atoms with Crippen LogP contribution in [0.4, 0.5) is 0 Å². The molecule has 4 rings (SSSR count). The third-order valence-electron chi connectivity index (χ3n) is 4.35. The van der Waals surface area contributed by atoms with Crippen molar-refractivity contribution in [1.29, 1.82) is 0 Å². The van der Waals surface area contributed by atoms with Crippen molar-refractivity contribution in [2.24, 2.45) is 0 Å². The molecule has 0 aliphatic carbocycles. The van der Waals surface area contributed by atoms with Gasteiger partial charge < -0.3 is 14.2 Å². The summed E-state index contributed by atoms with van der Waals surface area (Å²) in [6.07, 6.45) is 0. The molecule has 0 bridgehead atoms. The Kier molecular flexibility index (Phi) is 5.89. The van der Waals surface area contributed by atoms with Gasteiger partial charge in [0.1, 0.15) is 17.3 Å². The summed E-state index contributed by atoms with van der Waals surface area (Å²) in [6, 6.07) is 13.4. The van der Waals surface area contributed by atoms with E-state index in [9.17, 15) is 0 Å². The molecule has 0 fully saturated rings. The highest BCUT2D eigenvalue weighted by atomic mass is 32.1. The Balaban J connectivity index is 1.51. The van der Waals surface area contributed by atoms with Crippen LogP contribution in [0.1, 0.15) is 12.6 Å². The Morgan fingerprint density at radius 2 is 1.90 bits per heavy atom. The topological polar surface area (TPSA) is 84.2 Å². The molecule has 2 heterocycles. The third kappa shape index (κ3) is 4.25. The van der Waals surface area contributed by atoms with E-state index in [0.29, 0.717) is 24.7 Å². The zero-order chi connectivity index (χ0) is 20.9. The minimum atomic E-state index is 0.432. The number of hydrogen-bond donors (Lipinski definition) is 0. The van der Waals surface area contributed by atoms with E-state index in [-0.39, 0.29) is 0 Å². The summed E-state index contributed by atoms with van der Waals surface area (Å²) >= 11 is 1.56. The zero-order valence-electron chi connectivity index (χ0n) is 16.9. The minimum Gasteiger partial charge on any atom is -0.497 e. The Bertz CT molecular complexity index is 1140. The van der Waals surface area contributed by atoms with Crippen molar-refractivity contribution < 1.29 is 14.2 Å². The average molecular weight is 423 g/mol. The molecule has 0 N–H and O–H groups in total. The lowest BCUT2D eigenvalue weighted by atomic mass is 10.2. The predicted octanol–water partition coefficient (Wildman–Crippen LogP) is 3.93. The van der Waals surface area contributed by atoms with Crippen molar-refractivity contribution in [2.75, 3.05) is 20.8 Å². The van der Waals surface area contributed by atoms with Gasteiger partial charge in [0.05, 0.1) is 26.5 Å². The molecule has 0 saturated heterocycles. The Morgan fingerprint density at radius 3 is 2.70 bits per heavy atom. The summed E-state index contributed by atoms with van der Waals surface area (Å²) in [6.45, 7) is 2.96. The fourth-order valence-corrected chi connectivity index (χ4v) is 3.73. The van der Waals surface area contributed by atoms with E-state index in [2.05, 4.69) is 15.4 Å². The van der Waals surface area contributed by atoms with Crippen LogP contribution < -0.4 is 14.2 Å². The highest BCUT2D eigenvalue weighted by molar-refractivity contribution is 7.13. The van der Waals surface area contributed by atoms with Gasteiger partial charge in [-0.15, -0.1) is 21.5 Å². The van der Waals surface area contributed by atoms with Crippen molar-refractivity contribution >= 4 is 11.3 Å². The second kappa shape index (κ2) is 8.91. The molecule has 0 aliphatic heterocycles. The molecule has 0 radical (unpaired) electrons. The van der Waals surface area contributed by atoms with Crippen molar-refractivity contribution in [2.45, 2.75) is 13.5 Å². The monoisotopic (exact) mass is 423 g/mol. The third-order valence-corrected chi connectivity index (χ3v) is 5.29. The summed E-state index contributed by atoms with van der Waals surface area (Å²) in [7, 11) is 3.26. The second-order valence-corrected chi connectivity index (χ2v) is 7.18. The molecule has 0 aliphatic rings. The molecule has 2 aromatic carbocycles.